The van der Waals surface area contributed by atoms with Gasteiger partial charge in [0.05, 0.1) is 16.7 Å². The monoisotopic (exact) mass is 741 g/mol. The predicted octanol–water partition coefficient (Wildman–Crippen LogP) is 15.3. The standard InChI is InChI=1S/C54H35N3O/c1-2-17-40(18-3-1)57-50-26-6-4-23-46(50)49-25-12-27-51(54(49)57)56-43-21-10-15-38(33-43)36-13-8-19-41(31-36)55(42-20-9-14-37(32-42)39-16-11-22-44(56)34-39)45-29-30-48-47-24-5-7-28-52(47)58-53(48)35-45/h1-35H. The van der Waals surface area contributed by atoms with Gasteiger partial charge >= 0.3 is 0 Å². The molecular formula is C54H35N3O. The second kappa shape index (κ2) is 12.9. The van der Waals surface area contributed by atoms with Crippen molar-refractivity contribution >= 4 is 77.9 Å². The maximum Gasteiger partial charge on any atom is 0.137 e. The molecule has 58 heavy (non-hydrogen) atoms. The van der Waals surface area contributed by atoms with Gasteiger partial charge in [-0.25, -0.2) is 0 Å². The van der Waals surface area contributed by atoms with Gasteiger partial charge in [0.25, 0.3) is 0 Å². The zero-order valence-corrected chi connectivity index (χ0v) is 31.5. The average molecular weight is 742 g/mol. The van der Waals surface area contributed by atoms with E-state index in [1.165, 1.54) is 16.3 Å². The Bertz CT molecular complexity index is 3280. The molecule has 9 aromatic carbocycles. The van der Waals surface area contributed by atoms with Crippen LogP contribution < -0.4 is 9.80 Å². The number of furan rings is 1. The van der Waals surface area contributed by atoms with E-state index in [0.29, 0.717) is 0 Å². The predicted molar refractivity (Wildman–Crippen MR) is 242 cm³/mol. The van der Waals surface area contributed by atoms with Crippen molar-refractivity contribution in [2.45, 2.75) is 0 Å². The number of rotatable bonds is 3. The van der Waals surface area contributed by atoms with Crippen LogP contribution in [0.15, 0.2) is 217 Å². The molecule has 0 fully saturated rings. The molecule has 0 saturated carbocycles. The molecule has 1 aliphatic heterocycles. The molecule has 2 aromatic heterocycles. The first kappa shape index (κ1) is 32.4. The molecular weight excluding hydrogens is 707 g/mol. The maximum atomic E-state index is 6.41. The van der Waals surface area contributed by atoms with E-state index in [9.17, 15) is 0 Å². The summed E-state index contributed by atoms with van der Waals surface area (Å²) in [7, 11) is 0. The summed E-state index contributed by atoms with van der Waals surface area (Å²) in [6.07, 6.45) is 0. The van der Waals surface area contributed by atoms with Crippen molar-refractivity contribution in [1.82, 2.24) is 4.57 Å². The van der Waals surface area contributed by atoms with Gasteiger partial charge in [-0.1, -0.05) is 115 Å². The number of nitrogens with zero attached hydrogens (tertiary/aromatic N) is 3. The van der Waals surface area contributed by atoms with Crippen molar-refractivity contribution in [3.05, 3.63) is 212 Å². The average Bonchev–Trinajstić information content (AvgIpc) is 3.83. The van der Waals surface area contributed by atoms with Gasteiger partial charge in [-0.05, 0) is 113 Å². The van der Waals surface area contributed by atoms with Crippen molar-refractivity contribution < 1.29 is 4.42 Å². The lowest BCUT2D eigenvalue weighted by atomic mass is 10.00. The van der Waals surface area contributed by atoms with Gasteiger partial charge in [0, 0.05) is 61.7 Å². The minimum atomic E-state index is 0.868. The molecule has 0 aliphatic carbocycles. The van der Waals surface area contributed by atoms with Gasteiger partial charge in [0.1, 0.15) is 11.2 Å². The fourth-order valence-electron chi connectivity index (χ4n) is 9.05. The van der Waals surface area contributed by atoms with Crippen molar-refractivity contribution in [2.75, 3.05) is 9.80 Å². The van der Waals surface area contributed by atoms with Crippen LogP contribution in [0.3, 0.4) is 0 Å². The quantitative estimate of drug-likeness (QED) is 0.180. The molecule has 4 heteroatoms. The molecule has 0 radical (unpaired) electrons. The van der Waals surface area contributed by atoms with E-state index in [4.69, 9.17) is 4.42 Å². The summed E-state index contributed by atoms with van der Waals surface area (Å²) in [6.45, 7) is 0. The Morgan fingerprint density at radius 1 is 0.293 bits per heavy atom. The van der Waals surface area contributed by atoms with Crippen molar-refractivity contribution in [3.63, 3.8) is 0 Å². The van der Waals surface area contributed by atoms with Crippen LogP contribution in [-0.2, 0) is 0 Å². The summed E-state index contributed by atoms with van der Waals surface area (Å²) in [6, 6.07) is 76.7. The number of hydrogen-bond acceptors (Lipinski definition) is 3. The summed E-state index contributed by atoms with van der Waals surface area (Å²) in [5.74, 6) is 0. The molecule has 0 N–H and O–H groups in total. The van der Waals surface area contributed by atoms with Crippen molar-refractivity contribution in [1.29, 1.82) is 0 Å². The molecule has 272 valence electrons. The summed E-state index contributed by atoms with van der Waals surface area (Å²) in [5.41, 5.74) is 16.2. The highest BCUT2D eigenvalue weighted by molar-refractivity contribution is 6.14. The molecule has 0 saturated heterocycles. The second-order valence-corrected chi connectivity index (χ2v) is 15.0. The van der Waals surface area contributed by atoms with E-state index >= 15 is 0 Å². The van der Waals surface area contributed by atoms with Crippen LogP contribution in [0.5, 0.6) is 0 Å². The van der Waals surface area contributed by atoms with Crippen LogP contribution in [0.4, 0.5) is 34.1 Å². The van der Waals surface area contributed by atoms with Crippen LogP contribution in [0.2, 0.25) is 0 Å². The number of anilines is 6. The molecule has 11 aromatic rings. The first-order valence-electron chi connectivity index (χ1n) is 19.8. The zero-order chi connectivity index (χ0) is 38.2. The highest BCUT2D eigenvalue weighted by atomic mass is 16.3. The van der Waals surface area contributed by atoms with Crippen LogP contribution in [0, 0.1) is 0 Å². The van der Waals surface area contributed by atoms with Gasteiger partial charge in [0.2, 0.25) is 0 Å². The number of hydrogen-bond donors (Lipinski definition) is 0. The number of para-hydroxylation sites is 4. The molecule has 1 aliphatic rings. The van der Waals surface area contributed by atoms with Crippen LogP contribution >= 0.6 is 0 Å². The molecule has 0 spiro atoms. The summed E-state index contributed by atoms with van der Waals surface area (Å²) in [5, 5.41) is 4.68. The Labute approximate surface area is 335 Å². The van der Waals surface area contributed by atoms with Gasteiger partial charge < -0.3 is 18.8 Å². The lowest BCUT2D eigenvalue weighted by molar-refractivity contribution is 0.669. The summed E-state index contributed by atoms with van der Waals surface area (Å²) >= 11 is 0. The molecule has 12 rings (SSSR count). The minimum Gasteiger partial charge on any atom is -0.456 e. The molecule has 0 unspecified atom stereocenters. The SMILES string of the molecule is c1ccc(-n2c3ccccc3c3cccc(N4c5cccc(c5)-c5cccc(c5)N(c5ccc6c(c5)oc5ccccc56)c5cccc(c5)-c5cccc4c5)c32)cc1. The Hall–Kier alpha value is -7.82. The van der Waals surface area contributed by atoms with E-state index < -0.39 is 0 Å². The Kier molecular flexibility index (Phi) is 7.20. The van der Waals surface area contributed by atoms with Crippen LogP contribution in [-0.4, -0.2) is 4.57 Å². The highest BCUT2D eigenvalue weighted by Crippen LogP contribution is 2.46. The molecule has 3 heterocycles. The molecule has 0 amide bonds. The third kappa shape index (κ3) is 5.09. The third-order valence-electron chi connectivity index (χ3n) is 11.6. The summed E-state index contributed by atoms with van der Waals surface area (Å²) in [4.78, 5) is 4.77. The van der Waals surface area contributed by atoms with Gasteiger partial charge in [-0.3, -0.25) is 0 Å². The van der Waals surface area contributed by atoms with Crippen molar-refractivity contribution in [3.8, 4) is 27.9 Å². The first-order chi connectivity index (χ1) is 28.7. The molecule has 4 nitrogen and oxygen atoms in total. The molecule has 8 bridgehead atoms. The lowest BCUT2D eigenvalue weighted by Crippen LogP contribution is -2.12. The van der Waals surface area contributed by atoms with Gasteiger partial charge in [-0.15, -0.1) is 0 Å². The largest absolute Gasteiger partial charge is 0.456 e. The van der Waals surface area contributed by atoms with E-state index in [0.717, 1.165) is 89.5 Å². The Morgan fingerprint density at radius 3 is 1.43 bits per heavy atom. The topological polar surface area (TPSA) is 24.6 Å². The molecule has 0 atom stereocenters. The van der Waals surface area contributed by atoms with Gasteiger partial charge in [0.15, 0.2) is 0 Å². The summed E-state index contributed by atoms with van der Waals surface area (Å²) < 4.78 is 8.83. The van der Waals surface area contributed by atoms with Crippen LogP contribution in [0.25, 0.3) is 71.7 Å². The third-order valence-corrected chi connectivity index (χ3v) is 11.6. The Morgan fingerprint density at radius 2 is 0.776 bits per heavy atom. The number of benzene rings is 9. The smallest absolute Gasteiger partial charge is 0.137 e. The fraction of sp³-hybridized carbons (Fsp3) is 0. The highest BCUT2D eigenvalue weighted by Gasteiger charge is 2.23. The normalized spacial score (nSPS) is 12.4. The minimum absolute atomic E-state index is 0.868. The first-order valence-corrected chi connectivity index (χ1v) is 19.8. The van der Waals surface area contributed by atoms with E-state index in [-0.39, 0.29) is 0 Å². The zero-order valence-electron chi connectivity index (χ0n) is 31.5. The van der Waals surface area contributed by atoms with Gasteiger partial charge in [-0.2, -0.15) is 0 Å². The van der Waals surface area contributed by atoms with Crippen molar-refractivity contribution in [2.24, 2.45) is 0 Å². The van der Waals surface area contributed by atoms with Crippen LogP contribution in [0.1, 0.15) is 0 Å². The van der Waals surface area contributed by atoms with E-state index in [1.54, 1.807) is 0 Å². The number of aromatic nitrogens is 1. The fourth-order valence-corrected chi connectivity index (χ4v) is 9.05. The lowest BCUT2D eigenvalue weighted by Gasteiger charge is -2.29. The van der Waals surface area contributed by atoms with E-state index in [1.807, 2.05) is 12.1 Å². The second-order valence-electron chi connectivity index (χ2n) is 15.0. The number of fused-ring (bicyclic) bond motifs is 16. The Balaban J connectivity index is 1.11. The maximum absolute atomic E-state index is 6.41. The van der Waals surface area contributed by atoms with E-state index in [2.05, 4.69) is 215 Å².